The first-order valence-electron chi connectivity index (χ1n) is 7.36. The van der Waals surface area contributed by atoms with E-state index in [0.717, 1.165) is 11.0 Å². The fourth-order valence-electron chi connectivity index (χ4n) is 2.63. The highest BCUT2D eigenvalue weighted by Gasteiger charge is 2.36. The van der Waals surface area contributed by atoms with Gasteiger partial charge in [-0.2, -0.15) is 0 Å². The molecular weight excluding hydrogens is 373 g/mol. The topological polar surface area (TPSA) is 49.4 Å². The minimum Gasteiger partial charge on any atom is -0.326 e. The smallest absolute Gasteiger partial charge is 0.229 e. The Bertz CT molecular complexity index is 861. The first kappa shape index (κ1) is 17.6. The number of hydrogen-bond donors (Lipinski definition) is 1. The molecule has 1 atom stereocenters. The van der Waals surface area contributed by atoms with E-state index in [9.17, 15) is 18.4 Å². The van der Waals surface area contributed by atoms with Crippen LogP contribution in [0.1, 0.15) is 6.42 Å². The molecule has 1 aliphatic heterocycles. The minimum atomic E-state index is -0.848. The molecule has 1 heterocycles. The van der Waals surface area contributed by atoms with Crippen molar-refractivity contribution in [3.05, 3.63) is 58.1 Å². The first-order chi connectivity index (χ1) is 11.8. The molecule has 0 aromatic heterocycles. The van der Waals surface area contributed by atoms with E-state index in [4.69, 9.17) is 23.2 Å². The molecule has 0 radical (unpaired) electrons. The lowest BCUT2D eigenvalue weighted by molar-refractivity contribution is -0.122. The van der Waals surface area contributed by atoms with Gasteiger partial charge in [0.1, 0.15) is 11.6 Å². The fraction of sp³-hybridized carbons (Fsp3) is 0.176. The molecule has 2 aromatic carbocycles. The van der Waals surface area contributed by atoms with Crippen LogP contribution < -0.4 is 10.2 Å². The predicted molar refractivity (Wildman–Crippen MR) is 91.9 cm³/mol. The lowest BCUT2D eigenvalue weighted by atomic mass is 10.1. The van der Waals surface area contributed by atoms with Gasteiger partial charge in [0.25, 0.3) is 0 Å². The summed E-state index contributed by atoms with van der Waals surface area (Å²) in [5.74, 6) is -3.04. The van der Waals surface area contributed by atoms with Gasteiger partial charge < -0.3 is 10.2 Å². The van der Waals surface area contributed by atoms with E-state index >= 15 is 0 Å². The molecule has 1 unspecified atom stereocenters. The summed E-state index contributed by atoms with van der Waals surface area (Å²) >= 11 is 11.7. The van der Waals surface area contributed by atoms with Crippen LogP contribution in [0, 0.1) is 17.6 Å². The number of amides is 2. The standard InChI is InChI=1S/C17H12Cl2F2N2O2/c18-12-3-2-11(7-13(12)19)22-17(25)9-5-16(24)23(8-9)15-4-1-10(20)6-14(15)21/h1-4,6-7,9H,5,8H2,(H,22,25). The lowest BCUT2D eigenvalue weighted by Gasteiger charge is -2.17. The Balaban J connectivity index is 1.73. The number of nitrogens with zero attached hydrogens (tertiary/aromatic N) is 1. The Labute approximate surface area is 152 Å². The summed E-state index contributed by atoms with van der Waals surface area (Å²) in [6.45, 7) is 0.00847. The second-order valence-corrected chi connectivity index (χ2v) is 6.43. The van der Waals surface area contributed by atoms with Crippen LogP contribution in [0.2, 0.25) is 10.0 Å². The van der Waals surface area contributed by atoms with Crippen molar-refractivity contribution < 1.29 is 18.4 Å². The lowest BCUT2D eigenvalue weighted by Crippen LogP contribution is -2.28. The van der Waals surface area contributed by atoms with Crippen LogP contribution in [-0.2, 0) is 9.59 Å². The zero-order valence-electron chi connectivity index (χ0n) is 12.7. The third-order valence-electron chi connectivity index (χ3n) is 3.88. The van der Waals surface area contributed by atoms with Crippen LogP contribution in [0.3, 0.4) is 0 Å². The molecule has 3 rings (SSSR count). The Morgan fingerprint density at radius 2 is 1.88 bits per heavy atom. The number of nitrogens with one attached hydrogen (secondary N) is 1. The van der Waals surface area contributed by atoms with Gasteiger partial charge in [0.2, 0.25) is 11.8 Å². The normalized spacial score (nSPS) is 17.0. The molecule has 1 fully saturated rings. The molecular formula is C17H12Cl2F2N2O2. The SMILES string of the molecule is O=C(Nc1ccc(Cl)c(Cl)c1)C1CC(=O)N(c2ccc(F)cc2F)C1. The van der Waals surface area contributed by atoms with Crippen molar-refractivity contribution in [1.82, 2.24) is 0 Å². The monoisotopic (exact) mass is 384 g/mol. The van der Waals surface area contributed by atoms with Crippen molar-refractivity contribution in [3.63, 3.8) is 0 Å². The molecule has 0 bridgehead atoms. The first-order valence-corrected chi connectivity index (χ1v) is 8.12. The predicted octanol–water partition coefficient (Wildman–Crippen LogP) is 4.26. The average molecular weight is 385 g/mol. The van der Waals surface area contributed by atoms with Crippen molar-refractivity contribution in [2.45, 2.75) is 6.42 Å². The van der Waals surface area contributed by atoms with E-state index in [0.29, 0.717) is 16.8 Å². The molecule has 1 aliphatic rings. The Kier molecular flexibility index (Phi) is 4.92. The second kappa shape index (κ2) is 6.98. The van der Waals surface area contributed by atoms with Crippen LogP contribution in [0.4, 0.5) is 20.2 Å². The molecule has 130 valence electrons. The van der Waals surface area contributed by atoms with E-state index in [1.54, 1.807) is 12.1 Å². The Morgan fingerprint density at radius 1 is 1.12 bits per heavy atom. The molecule has 0 aliphatic carbocycles. The summed E-state index contributed by atoms with van der Waals surface area (Å²) in [6.07, 6.45) is -0.0655. The third kappa shape index (κ3) is 3.75. The fourth-order valence-corrected chi connectivity index (χ4v) is 2.93. The van der Waals surface area contributed by atoms with Gasteiger partial charge in [0.05, 0.1) is 21.7 Å². The van der Waals surface area contributed by atoms with Crippen LogP contribution in [-0.4, -0.2) is 18.4 Å². The molecule has 0 spiro atoms. The van der Waals surface area contributed by atoms with Gasteiger partial charge in [0.15, 0.2) is 0 Å². The van der Waals surface area contributed by atoms with Crippen LogP contribution >= 0.6 is 23.2 Å². The van der Waals surface area contributed by atoms with Gasteiger partial charge in [0, 0.05) is 24.7 Å². The number of carbonyl (C=O) groups excluding carboxylic acids is 2. The van der Waals surface area contributed by atoms with Gasteiger partial charge in [-0.05, 0) is 30.3 Å². The Hall–Kier alpha value is -2.18. The maximum absolute atomic E-state index is 13.9. The number of anilines is 2. The third-order valence-corrected chi connectivity index (χ3v) is 4.62. The van der Waals surface area contributed by atoms with Gasteiger partial charge in [-0.25, -0.2) is 8.78 Å². The summed E-state index contributed by atoms with van der Waals surface area (Å²) in [5.41, 5.74) is 0.398. The Morgan fingerprint density at radius 3 is 2.56 bits per heavy atom. The molecule has 2 amide bonds. The van der Waals surface area contributed by atoms with E-state index < -0.39 is 29.4 Å². The summed E-state index contributed by atoms with van der Waals surface area (Å²) in [7, 11) is 0. The van der Waals surface area contributed by atoms with Crippen molar-refractivity contribution >= 4 is 46.4 Å². The largest absolute Gasteiger partial charge is 0.326 e. The average Bonchev–Trinajstić information content (AvgIpc) is 2.93. The highest BCUT2D eigenvalue weighted by atomic mass is 35.5. The second-order valence-electron chi connectivity index (χ2n) is 5.62. The zero-order chi connectivity index (χ0) is 18.1. The summed E-state index contributed by atoms with van der Waals surface area (Å²) in [4.78, 5) is 25.6. The number of halogens is 4. The van der Waals surface area contributed by atoms with Crippen LogP contribution in [0.15, 0.2) is 36.4 Å². The van der Waals surface area contributed by atoms with Crippen LogP contribution in [0.5, 0.6) is 0 Å². The van der Waals surface area contributed by atoms with Crippen molar-refractivity contribution in [2.24, 2.45) is 5.92 Å². The van der Waals surface area contributed by atoms with Crippen LogP contribution in [0.25, 0.3) is 0 Å². The molecule has 2 aromatic rings. The minimum absolute atomic E-state index is 0.00847. The van der Waals surface area contributed by atoms with Gasteiger partial charge in [-0.1, -0.05) is 23.2 Å². The van der Waals surface area contributed by atoms with Gasteiger partial charge in [-0.15, -0.1) is 0 Å². The van der Waals surface area contributed by atoms with Gasteiger partial charge >= 0.3 is 0 Å². The highest BCUT2D eigenvalue weighted by molar-refractivity contribution is 6.42. The van der Waals surface area contributed by atoms with Crippen molar-refractivity contribution in [3.8, 4) is 0 Å². The molecule has 25 heavy (non-hydrogen) atoms. The number of rotatable bonds is 3. The quantitative estimate of drug-likeness (QED) is 0.858. The van der Waals surface area contributed by atoms with E-state index in [2.05, 4.69) is 5.32 Å². The molecule has 4 nitrogen and oxygen atoms in total. The van der Waals surface area contributed by atoms with E-state index in [-0.39, 0.29) is 23.7 Å². The zero-order valence-corrected chi connectivity index (χ0v) is 14.2. The molecule has 1 N–H and O–H groups in total. The van der Waals surface area contributed by atoms with Crippen molar-refractivity contribution in [1.29, 1.82) is 0 Å². The molecule has 0 saturated carbocycles. The summed E-state index contributed by atoms with van der Waals surface area (Å²) in [5, 5.41) is 3.30. The molecule has 1 saturated heterocycles. The maximum atomic E-state index is 13.9. The van der Waals surface area contributed by atoms with E-state index in [1.165, 1.54) is 12.1 Å². The maximum Gasteiger partial charge on any atom is 0.229 e. The van der Waals surface area contributed by atoms with Crippen molar-refractivity contribution in [2.75, 3.05) is 16.8 Å². The van der Waals surface area contributed by atoms with E-state index in [1.807, 2.05) is 0 Å². The highest BCUT2D eigenvalue weighted by Crippen LogP contribution is 2.29. The number of benzene rings is 2. The molecule has 8 heteroatoms. The number of carbonyl (C=O) groups is 2. The summed E-state index contributed by atoms with van der Waals surface area (Å²) < 4.78 is 26.9. The number of hydrogen-bond acceptors (Lipinski definition) is 2. The summed E-state index contributed by atoms with van der Waals surface area (Å²) in [6, 6.07) is 7.57. The van der Waals surface area contributed by atoms with Gasteiger partial charge in [-0.3, -0.25) is 9.59 Å².